The van der Waals surface area contributed by atoms with Crippen LogP contribution in [-0.2, 0) is 10.0 Å². The van der Waals surface area contributed by atoms with Crippen LogP contribution in [0.15, 0.2) is 53.4 Å². The van der Waals surface area contributed by atoms with Gasteiger partial charge in [0.1, 0.15) is 22.9 Å². The first-order chi connectivity index (χ1) is 17.0. The number of aliphatic hydroxyl groups is 2. The molecule has 194 valence electrons. The Morgan fingerprint density at radius 3 is 2.58 bits per heavy atom. The van der Waals surface area contributed by atoms with Gasteiger partial charge in [-0.05, 0) is 44.2 Å². The van der Waals surface area contributed by atoms with Crippen molar-refractivity contribution in [3.8, 4) is 17.6 Å². The molecule has 2 aromatic carbocycles. The monoisotopic (exact) mass is 515 g/mol. The van der Waals surface area contributed by atoms with Crippen molar-refractivity contribution >= 4 is 21.7 Å². The van der Waals surface area contributed by atoms with Gasteiger partial charge in [0.2, 0.25) is 10.0 Å². The molecule has 10 heteroatoms. The highest BCUT2D eigenvalue weighted by molar-refractivity contribution is 7.89. The molecule has 9 nitrogen and oxygen atoms in total. The van der Waals surface area contributed by atoms with E-state index >= 15 is 0 Å². The molecule has 0 saturated heterocycles. The van der Waals surface area contributed by atoms with E-state index in [-0.39, 0.29) is 42.3 Å². The summed E-state index contributed by atoms with van der Waals surface area (Å²) in [5, 5.41) is 22.1. The highest BCUT2D eigenvalue weighted by Crippen LogP contribution is 2.34. The number of aliphatic hydroxyl groups excluding tert-OH is 2. The van der Waals surface area contributed by atoms with E-state index in [1.807, 2.05) is 25.1 Å². The second-order valence-electron chi connectivity index (χ2n) is 9.02. The highest BCUT2D eigenvalue weighted by Gasteiger charge is 2.38. The summed E-state index contributed by atoms with van der Waals surface area (Å²) in [5.74, 6) is 5.24. The minimum absolute atomic E-state index is 0.0429. The number of hydrogen-bond acceptors (Lipinski definition) is 6. The Kier molecular flexibility index (Phi) is 8.98. The van der Waals surface area contributed by atoms with Crippen molar-refractivity contribution in [2.75, 3.05) is 32.1 Å². The number of fused-ring (bicyclic) bond motifs is 1. The third-order valence-electron chi connectivity index (χ3n) is 5.92. The lowest BCUT2D eigenvalue weighted by atomic mass is 10.0. The van der Waals surface area contributed by atoms with E-state index in [1.165, 1.54) is 28.3 Å². The second kappa shape index (κ2) is 11.8. The molecule has 1 aliphatic rings. The maximum atomic E-state index is 13.5. The Morgan fingerprint density at radius 1 is 1.25 bits per heavy atom. The Morgan fingerprint density at radius 2 is 1.94 bits per heavy atom. The van der Waals surface area contributed by atoms with E-state index in [2.05, 4.69) is 17.2 Å². The molecule has 2 amide bonds. The minimum Gasteiger partial charge on any atom is -0.487 e. The van der Waals surface area contributed by atoms with E-state index in [9.17, 15) is 23.4 Å². The highest BCUT2D eigenvalue weighted by atomic mass is 32.2. The summed E-state index contributed by atoms with van der Waals surface area (Å²) in [6, 6.07) is 12.6. The van der Waals surface area contributed by atoms with Crippen molar-refractivity contribution in [2.24, 2.45) is 5.92 Å². The van der Waals surface area contributed by atoms with Crippen LogP contribution in [0.5, 0.6) is 5.75 Å². The van der Waals surface area contributed by atoms with Crippen LogP contribution >= 0.6 is 0 Å². The predicted octanol–water partition coefficient (Wildman–Crippen LogP) is 2.35. The SMILES string of the molecule is C[C@H](O)C#Cc1ccc2c(c1)O[C@@H](CN(C)C(=O)Nc1ccccc1)[C@H](C)CN([C@H](C)CO)S2(=O)=O. The molecular weight excluding hydrogens is 482 g/mol. The zero-order chi connectivity index (χ0) is 26.5. The van der Waals surface area contributed by atoms with Gasteiger partial charge in [-0.15, -0.1) is 0 Å². The fraction of sp³-hybridized carbons (Fsp3) is 0.423. The molecule has 0 bridgehead atoms. The number of nitrogens with one attached hydrogen (secondary N) is 1. The lowest BCUT2D eigenvalue weighted by Crippen LogP contribution is -2.50. The maximum Gasteiger partial charge on any atom is 0.321 e. The molecule has 0 aliphatic carbocycles. The number of urea groups is 1. The molecule has 3 N–H and O–H groups in total. The molecule has 36 heavy (non-hydrogen) atoms. The molecule has 4 atom stereocenters. The summed E-state index contributed by atoms with van der Waals surface area (Å²) in [6.07, 6.45) is -1.40. The first-order valence-electron chi connectivity index (χ1n) is 11.7. The summed E-state index contributed by atoms with van der Waals surface area (Å²) < 4.78 is 34.6. The molecule has 1 aliphatic heterocycles. The van der Waals surface area contributed by atoms with Crippen molar-refractivity contribution in [3.63, 3.8) is 0 Å². The lowest BCUT2D eigenvalue weighted by molar-refractivity contribution is 0.0830. The topological polar surface area (TPSA) is 119 Å². The van der Waals surface area contributed by atoms with Crippen LogP contribution in [0.25, 0.3) is 0 Å². The van der Waals surface area contributed by atoms with Gasteiger partial charge in [-0.3, -0.25) is 0 Å². The Hall–Kier alpha value is -3.10. The van der Waals surface area contributed by atoms with E-state index in [0.717, 1.165) is 0 Å². The summed E-state index contributed by atoms with van der Waals surface area (Å²) in [4.78, 5) is 14.2. The Labute approximate surface area is 212 Å². The number of rotatable bonds is 5. The lowest BCUT2D eigenvalue weighted by Gasteiger charge is -2.37. The second-order valence-corrected chi connectivity index (χ2v) is 10.9. The van der Waals surface area contributed by atoms with Gasteiger partial charge in [0.05, 0.1) is 13.2 Å². The van der Waals surface area contributed by atoms with Crippen LogP contribution in [0.1, 0.15) is 26.3 Å². The van der Waals surface area contributed by atoms with Gasteiger partial charge in [0, 0.05) is 36.8 Å². The average molecular weight is 516 g/mol. The number of nitrogens with zero attached hydrogens (tertiary/aromatic N) is 2. The number of amides is 2. The number of carbonyl (C=O) groups excluding carboxylic acids is 1. The van der Waals surface area contributed by atoms with Gasteiger partial charge in [0.15, 0.2) is 0 Å². The Balaban J connectivity index is 1.96. The van der Waals surface area contributed by atoms with E-state index in [0.29, 0.717) is 11.3 Å². The first-order valence-corrected chi connectivity index (χ1v) is 13.2. The van der Waals surface area contributed by atoms with E-state index < -0.39 is 28.3 Å². The molecule has 2 aromatic rings. The van der Waals surface area contributed by atoms with Gasteiger partial charge >= 0.3 is 6.03 Å². The van der Waals surface area contributed by atoms with Crippen molar-refractivity contribution in [2.45, 2.75) is 43.9 Å². The maximum absolute atomic E-state index is 13.5. The Bertz CT molecular complexity index is 1220. The number of benzene rings is 2. The standard InChI is InChI=1S/C26H33N3O6S/c1-18-15-29(19(2)17-30)36(33,34)25-13-12-21(11-10-20(3)31)14-23(25)35-24(18)16-28(4)26(32)27-22-8-6-5-7-9-22/h5-9,12-14,18-20,24,30-31H,15-17H2,1-4H3,(H,27,32)/t18-,19-,20+,24+/m1/s1. The molecule has 3 rings (SSSR count). The van der Waals surface area contributed by atoms with Crippen molar-refractivity contribution in [3.05, 3.63) is 54.1 Å². The van der Waals surface area contributed by atoms with Crippen LogP contribution in [0.3, 0.4) is 0 Å². The largest absolute Gasteiger partial charge is 0.487 e. The molecule has 0 radical (unpaired) electrons. The van der Waals surface area contributed by atoms with Gasteiger partial charge in [-0.25, -0.2) is 13.2 Å². The molecule has 0 aromatic heterocycles. The van der Waals surface area contributed by atoms with Gasteiger partial charge in [-0.1, -0.05) is 37.0 Å². The average Bonchev–Trinajstić information content (AvgIpc) is 2.84. The summed E-state index contributed by atoms with van der Waals surface area (Å²) in [7, 11) is -2.34. The zero-order valence-electron chi connectivity index (χ0n) is 20.9. The van der Waals surface area contributed by atoms with Crippen LogP contribution < -0.4 is 10.1 Å². The van der Waals surface area contributed by atoms with Crippen molar-refractivity contribution in [1.82, 2.24) is 9.21 Å². The minimum atomic E-state index is -3.99. The number of hydrogen-bond donors (Lipinski definition) is 3. The smallest absolute Gasteiger partial charge is 0.321 e. The van der Waals surface area contributed by atoms with Crippen LogP contribution in [-0.4, -0.2) is 78.9 Å². The fourth-order valence-corrected chi connectivity index (χ4v) is 5.63. The van der Waals surface area contributed by atoms with Gasteiger partial charge in [0.25, 0.3) is 0 Å². The molecule has 0 spiro atoms. The molecule has 0 fully saturated rings. The zero-order valence-corrected chi connectivity index (χ0v) is 21.7. The number of likely N-dealkylation sites (N-methyl/N-ethyl adjacent to an activating group) is 1. The summed E-state index contributed by atoms with van der Waals surface area (Å²) in [6.45, 7) is 4.97. The number of para-hydroxylation sites is 1. The predicted molar refractivity (Wildman–Crippen MR) is 137 cm³/mol. The van der Waals surface area contributed by atoms with Crippen LogP contribution in [0.2, 0.25) is 0 Å². The van der Waals surface area contributed by atoms with Gasteiger partial charge < -0.3 is 25.2 Å². The first kappa shape index (κ1) is 27.5. The van der Waals surface area contributed by atoms with E-state index in [1.54, 1.807) is 32.2 Å². The molecular formula is C26H33N3O6S. The third-order valence-corrected chi connectivity index (χ3v) is 7.94. The summed E-state index contributed by atoms with van der Waals surface area (Å²) >= 11 is 0. The number of sulfonamides is 1. The molecule has 1 heterocycles. The third kappa shape index (κ3) is 6.56. The number of ether oxygens (including phenoxy) is 1. The molecule has 0 unspecified atom stereocenters. The molecule has 0 saturated carbocycles. The number of carbonyl (C=O) groups is 1. The number of anilines is 1. The van der Waals surface area contributed by atoms with Crippen LogP contribution in [0, 0.1) is 17.8 Å². The van der Waals surface area contributed by atoms with Gasteiger partial charge in [-0.2, -0.15) is 4.31 Å². The summed E-state index contributed by atoms with van der Waals surface area (Å²) in [5.41, 5.74) is 1.13. The normalized spacial score (nSPS) is 20.8. The quantitative estimate of drug-likeness (QED) is 0.526. The van der Waals surface area contributed by atoms with E-state index in [4.69, 9.17) is 4.74 Å². The van der Waals surface area contributed by atoms with Crippen molar-refractivity contribution < 1.29 is 28.2 Å². The fourth-order valence-electron chi connectivity index (χ4n) is 3.80. The van der Waals surface area contributed by atoms with Crippen molar-refractivity contribution in [1.29, 1.82) is 0 Å². The van der Waals surface area contributed by atoms with Crippen LogP contribution in [0.4, 0.5) is 10.5 Å².